The lowest BCUT2D eigenvalue weighted by atomic mass is 10.2. The molecule has 1 saturated heterocycles. The van der Waals surface area contributed by atoms with Gasteiger partial charge in [0.05, 0.1) is 11.3 Å². The van der Waals surface area contributed by atoms with E-state index >= 15 is 0 Å². The van der Waals surface area contributed by atoms with Crippen LogP contribution in [0.2, 0.25) is 0 Å². The normalized spacial score (nSPS) is 19.1. The Balaban J connectivity index is 1.94. The average molecular weight is 258 g/mol. The predicted octanol–water partition coefficient (Wildman–Crippen LogP) is 1.41. The first-order valence-corrected chi connectivity index (χ1v) is 6.80. The fraction of sp³-hybridized carbons (Fsp3) is 0.545. The van der Waals surface area contributed by atoms with Crippen molar-refractivity contribution < 1.29 is 23.3 Å². The third-order valence-electron chi connectivity index (χ3n) is 2.73. The molecule has 0 amide bonds. The predicted molar refractivity (Wildman–Crippen MR) is 61.4 cm³/mol. The van der Waals surface area contributed by atoms with Crippen LogP contribution in [0, 0.1) is 0 Å². The van der Waals surface area contributed by atoms with Gasteiger partial charge in [-0.3, -0.25) is 4.21 Å². The maximum Gasteiger partial charge on any atom is 0.338 e. The van der Waals surface area contributed by atoms with Gasteiger partial charge in [0, 0.05) is 29.3 Å². The summed E-state index contributed by atoms with van der Waals surface area (Å²) in [6, 6.07) is 1.43. The van der Waals surface area contributed by atoms with E-state index in [9.17, 15) is 9.00 Å². The fourth-order valence-corrected chi connectivity index (χ4v) is 3.15. The molecule has 6 heteroatoms. The minimum Gasteiger partial charge on any atom is -0.478 e. The SMILES string of the molecule is O=C(O)c1coc(CS(=O)C2CCOCC2)c1. The summed E-state index contributed by atoms with van der Waals surface area (Å²) in [5.41, 5.74) is 0.101. The minimum absolute atomic E-state index is 0.101. The van der Waals surface area contributed by atoms with Crippen molar-refractivity contribution in [3.05, 3.63) is 23.7 Å². The fourth-order valence-electron chi connectivity index (χ4n) is 1.77. The maximum atomic E-state index is 12.0. The van der Waals surface area contributed by atoms with Crippen molar-refractivity contribution in [1.29, 1.82) is 0 Å². The number of carboxylic acid groups (broad SMARTS) is 1. The van der Waals surface area contributed by atoms with Crippen LogP contribution in [-0.2, 0) is 21.3 Å². The molecule has 17 heavy (non-hydrogen) atoms. The Labute approximate surface area is 101 Å². The molecule has 0 bridgehead atoms. The second-order valence-electron chi connectivity index (χ2n) is 3.94. The molecule has 0 spiro atoms. The van der Waals surface area contributed by atoms with Crippen molar-refractivity contribution in [3.63, 3.8) is 0 Å². The summed E-state index contributed by atoms with van der Waals surface area (Å²) in [5, 5.41) is 8.86. The Hall–Kier alpha value is -1.14. The molecular formula is C11H14O5S. The van der Waals surface area contributed by atoms with Crippen molar-refractivity contribution in [3.8, 4) is 0 Å². The van der Waals surface area contributed by atoms with Crippen LogP contribution in [-0.4, -0.2) is 33.7 Å². The van der Waals surface area contributed by atoms with E-state index in [0.717, 1.165) is 12.8 Å². The van der Waals surface area contributed by atoms with Crippen molar-refractivity contribution >= 4 is 16.8 Å². The zero-order valence-electron chi connectivity index (χ0n) is 9.26. The van der Waals surface area contributed by atoms with Gasteiger partial charge in [0.25, 0.3) is 0 Å². The number of hydrogen-bond donors (Lipinski definition) is 1. The van der Waals surface area contributed by atoms with Crippen LogP contribution in [0.25, 0.3) is 0 Å². The van der Waals surface area contributed by atoms with Crippen LogP contribution in [0.4, 0.5) is 0 Å². The number of rotatable bonds is 4. The van der Waals surface area contributed by atoms with Crippen molar-refractivity contribution in [2.75, 3.05) is 13.2 Å². The number of ether oxygens (including phenoxy) is 1. The Morgan fingerprint density at radius 2 is 2.18 bits per heavy atom. The Morgan fingerprint density at radius 1 is 1.47 bits per heavy atom. The molecule has 1 atom stereocenters. The number of carboxylic acids is 1. The lowest BCUT2D eigenvalue weighted by Gasteiger charge is -2.20. The number of carbonyl (C=O) groups is 1. The Bertz CT molecular complexity index is 419. The monoisotopic (exact) mass is 258 g/mol. The van der Waals surface area contributed by atoms with Crippen LogP contribution in [0.3, 0.4) is 0 Å². The highest BCUT2D eigenvalue weighted by Gasteiger charge is 2.21. The molecule has 5 nitrogen and oxygen atoms in total. The minimum atomic E-state index is -1.03. The lowest BCUT2D eigenvalue weighted by Crippen LogP contribution is -2.25. The van der Waals surface area contributed by atoms with E-state index in [4.69, 9.17) is 14.3 Å². The van der Waals surface area contributed by atoms with E-state index in [-0.39, 0.29) is 16.6 Å². The van der Waals surface area contributed by atoms with Crippen LogP contribution in [0.1, 0.15) is 29.0 Å². The van der Waals surface area contributed by atoms with Crippen LogP contribution in [0.15, 0.2) is 16.7 Å². The van der Waals surface area contributed by atoms with E-state index in [1.54, 1.807) is 0 Å². The quantitative estimate of drug-likeness (QED) is 0.883. The summed E-state index contributed by atoms with van der Waals surface area (Å²) in [5.74, 6) is -0.290. The van der Waals surface area contributed by atoms with Gasteiger partial charge in [-0.2, -0.15) is 0 Å². The van der Waals surface area contributed by atoms with Gasteiger partial charge in [-0.05, 0) is 18.9 Å². The standard InChI is InChI=1S/C11H14O5S/c12-11(13)8-5-9(16-6-8)7-17(14)10-1-3-15-4-2-10/h5-6,10H,1-4,7H2,(H,12,13). The van der Waals surface area contributed by atoms with Gasteiger partial charge in [0.15, 0.2) is 0 Å². The van der Waals surface area contributed by atoms with Gasteiger partial charge in [0.1, 0.15) is 12.0 Å². The average Bonchev–Trinajstić information content (AvgIpc) is 2.79. The summed E-state index contributed by atoms with van der Waals surface area (Å²) < 4.78 is 22.3. The van der Waals surface area contributed by atoms with E-state index in [1.165, 1.54) is 12.3 Å². The molecule has 0 radical (unpaired) electrons. The van der Waals surface area contributed by atoms with E-state index in [2.05, 4.69) is 0 Å². The topological polar surface area (TPSA) is 76.7 Å². The highest BCUT2D eigenvalue weighted by Crippen LogP contribution is 2.18. The van der Waals surface area contributed by atoms with Crippen molar-refractivity contribution in [2.24, 2.45) is 0 Å². The summed E-state index contributed by atoms with van der Waals surface area (Å²) in [6.07, 6.45) is 2.76. The number of hydrogen-bond acceptors (Lipinski definition) is 4. The molecule has 2 heterocycles. The van der Waals surface area contributed by atoms with Gasteiger partial charge < -0.3 is 14.3 Å². The molecule has 1 fully saturated rings. The largest absolute Gasteiger partial charge is 0.478 e. The summed E-state index contributed by atoms with van der Waals surface area (Å²) in [7, 11) is -1.02. The Kier molecular flexibility index (Phi) is 3.96. The molecule has 1 unspecified atom stereocenters. The number of furan rings is 1. The summed E-state index contributed by atoms with van der Waals surface area (Å²) in [6.45, 7) is 1.30. The Morgan fingerprint density at radius 3 is 2.76 bits per heavy atom. The second kappa shape index (κ2) is 5.46. The zero-order chi connectivity index (χ0) is 12.3. The molecule has 0 aromatic carbocycles. The van der Waals surface area contributed by atoms with Crippen LogP contribution >= 0.6 is 0 Å². The zero-order valence-corrected chi connectivity index (χ0v) is 10.1. The molecule has 1 aliphatic heterocycles. The number of aromatic carboxylic acids is 1. The van der Waals surface area contributed by atoms with Crippen molar-refractivity contribution in [1.82, 2.24) is 0 Å². The smallest absolute Gasteiger partial charge is 0.338 e. The van der Waals surface area contributed by atoms with Gasteiger partial charge in [-0.1, -0.05) is 0 Å². The van der Waals surface area contributed by atoms with Gasteiger partial charge in [0.2, 0.25) is 0 Å². The van der Waals surface area contributed by atoms with Gasteiger partial charge in [-0.15, -0.1) is 0 Å². The molecule has 1 N–H and O–H groups in total. The van der Waals surface area contributed by atoms with Crippen molar-refractivity contribution in [2.45, 2.75) is 23.8 Å². The highest BCUT2D eigenvalue weighted by atomic mass is 32.2. The molecule has 1 aromatic rings. The third kappa shape index (κ3) is 3.17. The molecule has 94 valence electrons. The molecule has 0 aliphatic carbocycles. The van der Waals surface area contributed by atoms with Gasteiger partial charge >= 0.3 is 5.97 Å². The lowest BCUT2D eigenvalue weighted by molar-refractivity contribution is 0.0696. The first-order chi connectivity index (χ1) is 8.16. The third-order valence-corrected chi connectivity index (χ3v) is 4.51. The van der Waals surface area contributed by atoms with E-state index in [0.29, 0.717) is 19.0 Å². The molecule has 1 aromatic heterocycles. The van der Waals surface area contributed by atoms with E-state index < -0.39 is 16.8 Å². The van der Waals surface area contributed by atoms with Gasteiger partial charge in [-0.25, -0.2) is 4.79 Å². The first-order valence-electron chi connectivity index (χ1n) is 5.42. The summed E-state index contributed by atoms with van der Waals surface area (Å²) in [4.78, 5) is 10.6. The maximum absolute atomic E-state index is 12.0. The first kappa shape index (κ1) is 12.3. The van der Waals surface area contributed by atoms with Crippen LogP contribution < -0.4 is 0 Å². The molecular weight excluding hydrogens is 244 g/mol. The molecule has 1 aliphatic rings. The highest BCUT2D eigenvalue weighted by molar-refractivity contribution is 7.84. The summed E-state index contributed by atoms with van der Waals surface area (Å²) >= 11 is 0. The molecule has 2 rings (SSSR count). The van der Waals surface area contributed by atoms with E-state index in [1.807, 2.05) is 0 Å². The second-order valence-corrected chi connectivity index (χ2v) is 5.66. The van der Waals surface area contributed by atoms with Crippen LogP contribution in [0.5, 0.6) is 0 Å². The molecule has 0 saturated carbocycles.